The molecule has 0 bridgehead atoms. The maximum atomic E-state index is 13.0. The summed E-state index contributed by atoms with van der Waals surface area (Å²) in [4.78, 5) is 13.8. The van der Waals surface area contributed by atoms with Crippen molar-refractivity contribution in [1.82, 2.24) is 4.90 Å². The number of carbonyl (C=O) groups excluding carboxylic acids is 1. The molecule has 0 aromatic heterocycles. The molecule has 4 nitrogen and oxygen atoms in total. The van der Waals surface area contributed by atoms with E-state index in [1.165, 1.54) is 12.1 Å². The second kappa shape index (κ2) is 5.70. The van der Waals surface area contributed by atoms with Gasteiger partial charge in [0.2, 0.25) is 0 Å². The first-order valence-corrected chi connectivity index (χ1v) is 6.35. The molecular weight excluding hydrogens is 245 g/mol. The summed E-state index contributed by atoms with van der Waals surface area (Å²) in [6, 6.07) is 5.42. The number of hydrogen-bond acceptors (Lipinski definition) is 2. The number of urea groups is 1. The van der Waals surface area contributed by atoms with Crippen molar-refractivity contribution < 1.29 is 9.18 Å². The van der Waals surface area contributed by atoms with Crippen LogP contribution in [-0.4, -0.2) is 24.0 Å². The Balaban J connectivity index is 2.08. The molecule has 1 aliphatic rings. The van der Waals surface area contributed by atoms with Gasteiger partial charge in [-0.2, -0.15) is 5.26 Å². The fraction of sp³-hybridized carbons (Fsp3) is 0.429. The van der Waals surface area contributed by atoms with E-state index in [1.54, 1.807) is 4.90 Å². The Labute approximate surface area is 111 Å². The van der Waals surface area contributed by atoms with E-state index in [9.17, 15) is 9.18 Å². The average Bonchev–Trinajstić information content (AvgIpc) is 2.40. The van der Waals surface area contributed by atoms with Crippen molar-refractivity contribution in [3.8, 4) is 6.07 Å². The highest BCUT2D eigenvalue weighted by Gasteiger charge is 2.21. The van der Waals surface area contributed by atoms with Gasteiger partial charge in [-0.05, 0) is 37.0 Å². The van der Waals surface area contributed by atoms with Gasteiger partial charge in [0.1, 0.15) is 11.9 Å². The molecule has 0 radical (unpaired) electrons. The third-order valence-corrected chi connectivity index (χ3v) is 3.29. The lowest BCUT2D eigenvalue weighted by atomic mass is 10.0. The van der Waals surface area contributed by atoms with Gasteiger partial charge >= 0.3 is 6.03 Å². The maximum Gasteiger partial charge on any atom is 0.321 e. The number of nitriles is 1. The normalized spacial score (nSPS) is 18.8. The van der Waals surface area contributed by atoms with Crippen LogP contribution in [0.4, 0.5) is 14.9 Å². The first-order chi connectivity index (χ1) is 9.10. The Hall–Kier alpha value is -2.09. The van der Waals surface area contributed by atoms with Gasteiger partial charge in [0.25, 0.3) is 0 Å². The van der Waals surface area contributed by atoms with Crippen LogP contribution < -0.4 is 5.32 Å². The van der Waals surface area contributed by atoms with Crippen molar-refractivity contribution in [3.05, 3.63) is 29.6 Å². The van der Waals surface area contributed by atoms with Gasteiger partial charge < -0.3 is 10.2 Å². The summed E-state index contributed by atoms with van der Waals surface area (Å²) in [6.45, 7) is 3.55. The third kappa shape index (κ3) is 3.22. The van der Waals surface area contributed by atoms with E-state index >= 15 is 0 Å². The van der Waals surface area contributed by atoms with E-state index in [0.29, 0.717) is 11.6 Å². The molecule has 1 fully saturated rings. The van der Waals surface area contributed by atoms with E-state index in [-0.39, 0.29) is 11.6 Å². The Bertz CT molecular complexity index is 524. The largest absolute Gasteiger partial charge is 0.324 e. The van der Waals surface area contributed by atoms with Crippen LogP contribution in [0, 0.1) is 23.1 Å². The van der Waals surface area contributed by atoms with Crippen LogP contribution in [-0.2, 0) is 0 Å². The minimum absolute atomic E-state index is 0.137. The fourth-order valence-corrected chi connectivity index (χ4v) is 2.29. The molecule has 1 aliphatic heterocycles. The van der Waals surface area contributed by atoms with Crippen LogP contribution in [0.5, 0.6) is 0 Å². The van der Waals surface area contributed by atoms with E-state index in [2.05, 4.69) is 12.2 Å². The number of rotatable bonds is 1. The Morgan fingerprint density at radius 3 is 3.05 bits per heavy atom. The van der Waals surface area contributed by atoms with Crippen LogP contribution in [0.3, 0.4) is 0 Å². The van der Waals surface area contributed by atoms with Crippen LogP contribution in [0.25, 0.3) is 0 Å². The molecule has 5 heteroatoms. The predicted molar refractivity (Wildman–Crippen MR) is 70.1 cm³/mol. The van der Waals surface area contributed by atoms with E-state index in [4.69, 9.17) is 5.26 Å². The van der Waals surface area contributed by atoms with Gasteiger partial charge in [0.05, 0.1) is 11.3 Å². The summed E-state index contributed by atoms with van der Waals surface area (Å²) < 4.78 is 13.0. The van der Waals surface area contributed by atoms with Crippen LogP contribution >= 0.6 is 0 Å². The minimum atomic E-state index is -0.485. The highest BCUT2D eigenvalue weighted by Crippen LogP contribution is 2.19. The zero-order valence-electron chi connectivity index (χ0n) is 10.8. The summed E-state index contributed by atoms with van der Waals surface area (Å²) in [5, 5.41) is 11.6. The molecule has 1 aromatic rings. The topological polar surface area (TPSA) is 56.1 Å². The van der Waals surface area contributed by atoms with Crippen LogP contribution in [0.2, 0.25) is 0 Å². The van der Waals surface area contributed by atoms with E-state index in [1.807, 2.05) is 6.07 Å². The number of piperidine rings is 1. The molecule has 100 valence electrons. The highest BCUT2D eigenvalue weighted by atomic mass is 19.1. The SMILES string of the molecule is CC1CCCN(C(=O)Nc2ccc(F)cc2C#N)C1. The molecule has 2 rings (SSSR count). The number of carbonyl (C=O) groups is 1. The second-order valence-corrected chi connectivity index (χ2v) is 4.93. The number of amides is 2. The lowest BCUT2D eigenvalue weighted by Crippen LogP contribution is -2.41. The molecular formula is C14H16FN3O. The van der Waals surface area contributed by atoms with E-state index in [0.717, 1.165) is 32.0 Å². The summed E-state index contributed by atoms with van der Waals surface area (Å²) in [7, 11) is 0. The van der Waals surface area contributed by atoms with Crippen molar-refractivity contribution >= 4 is 11.7 Å². The highest BCUT2D eigenvalue weighted by molar-refractivity contribution is 5.90. The molecule has 1 unspecified atom stereocenters. The molecule has 1 N–H and O–H groups in total. The van der Waals surface area contributed by atoms with Gasteiger partial charge in [0, 0.05) is 13.1 Å². The van der Waals surface area contributed by atoms with Gasteiger partial charge in [-0.15, -0.1) is 0 Å². The number of likely N-dealkylation sites (tertiary alicyclic amines) is 1. The average molecular weight is 261 g/mol. The third-order valence-electron chi connectivity index (χ3n) is 3.29. The summed E-state index contributed by atoms with van der Waals surface area (Å²) in [6.07, 6.45) is 2.12. The number of halogens is 1. The van der Waals surface area contributed by atoms with Crippen LogP contribution in [0.15, 0.2) is 18.2 Å². The Morgan fingerprint density at radius 2 is 2.37 bits per heavy atom. The quantitative estimate of drug-likeness (QED) is 0.845. The van der Waals surface area contributed by atoms with E-state index < -0.39 is 5.82 Å². The van der Waals surface area contributed by atoms with Gasteiger partial charge in [0.15, 0.2) is 0 Å². The zero-order valence-corrected chi connectivity index (χ0v) is 10.8. The predicted octanol–water partition coefficient (Wildman–Crippen LogP) is 2.96. The molecule has 1 heterocycles. The number of nitrogens with one attached hydrogen (secondary N) is 1. The monoisotopic (exact) mass is 261 g/mol. The first-order valence-electron chi connectivity index (χ1n) is 6.35. The zero-order chi connectivity index (χ0) is 13.8. The molecule has 2 amide bonds. The number of anilines is 1. The molecule has 1 saturated heterocycles. The number of nitrogens with zero attached hydrogens (tertiary/aromatic N) is 2. The smallest absolute Gasteiger partial charge is 0.321 e. The summed E-state index contributed by atoms with van der Waals surface area (Å²) >= 11 is 0. The maximum absolute atomic E-state index is 13.0. The standard InChI is InChI=1S/C14H16FN3O/c1-10-3-2-6-18(9-10)14(19)17-13-5-4-12(15)7-11(13)8-16/h4-5,7,10H,2-3,6,9H2,1H3,(H,17,19). The molecule has 1 aromatic carbocycles. The van der Waals surface area contributed by atoms with Crippen LogP contribution in [0.1, 0.15) is 25.3 Å². The lowest BCUT2D eigenvalue weighted by Gasteiger charge is -2.31. The first kappa shape index (κ1) is 13.3. The van der Waals surface area contributed by atoms with Gasteiger partial charge in [-0.1, -0.05) is 6.92 Å². The molecule has 0 saturated carbocycles. The number of hydrogen-bond donors (Lipinski definition) is 1. The van der Waals surface area contributed by atoms with Crippen molar-refractivity contribution in [3.63, 3.8) is 0 Å². The molecule has 1 atom stereocenters. The second-order valence-electron chi connectivity index (χ2n) is 4.93. The van der Waals surface area contributed by atoms with Gasteiger partial charge in [-0.25, -0.2) is 9.18 Å². The minimum Gasteiger partial charge on any atom is -0.324 e. The van der Waals surface area contributed by atoms with Crippen molar-refractivity contribution in [2.24, 2.45) is 5.92 Å². The van der Waals surface area contributed by atoms with Gasteiger partial charge in [-0.3, -0.25) is 0 Å². The van der Waals surface area contributed by atoms with Crippen molar-refractivity contribution in [1.29, 1.82) is 5.26 Å². The Kier molecular flexibility index (Phi) is 4.00. The number of benzene rings is 1. The fourth-order valence-electron chi connectivity index (χ4n) is 2.29. The summed E-state index contributed by atoms with van der Waals surface area (Å²) in [5.74, 6) is 0.00398. The molecule has 19 heavy (non-hydrogen) atoms. The van der Waals surface area contributed by atoms with Crippen molar-refractivity contribution in [2.45, 2.75) is 19.8 Å². The van der Waals surface area contributed by atoms with Crippen molar-refractivity contribution in [2.75, 3.05) is 18.4 Å². The Morgan fingerprint density at radius 1 is 1.58 bits per heavy atom. The molecule has 0 spiro atoms. The molecule has 0 aliphatic carbocycles. The lowest BCUT2D eigenvalue weighted by molar-refractivity contribution is 0.182. The summed E-state index contributed by atoms with van der Waals surface area (Å²) in [5.41, 5.74) is 0.491.